The summed E-state index contributed by atoms with van der Waals surface area (Å²) in [5.74, 6) is 0.722. The maximum atomic E-state index is 5.77. The zero-order valence-corrected chi connectivity index (χ0v) is 13.4. The van der Waals surface area contributed by atoms with Crippen LogP contribution in [0, 0.1) is 0 Å². The van der Waals surface area contributed by atoms with Crippen LogP contribution >= 0.6 is 43.5 Å². The van der Waals surface area contributed by atoms with E-state index in [4.69, 9.17) is 22.1 Å². The molecule has 2 N–H and O–H groups in total. The maximum Gasteiger partial charge on any atom is 0.148 e. The van der Waals surface area contributed by atoms with Gasteiger partial charge in [-0.2, -0.15) is 0 Å². The molecule has 2 nitrogen and oxygen atoms in total. The summed E-state index contributed by atoms with van der Waals surface area (Å²) in [4.78, 5) is 0. The normalized spacial score (nSPS) is 12.3. The number of hydrogen-bond acceptors (Lipinski definition) is 2. The molecule has 5 heteroatoms. The number of rotatable bonds is 5. The van der Waals surface area contributed by atoms with E-state index in [1.807, 2.05) is 19.1 Å². The summed E-state index contributed by atoms with van der Waals surface area (Å²) in [6.07, 6.45) is 0.819. The van der Waals surface area contributed by atoms with Crippen molar-refractivity contribution in [3.8, 4) is 5.75 Å². The second kappa shape index (κ2) is 6.78. The minimum absolute atomic E-state index is 0.128. The quantitative estimate of drug-likeness (QED) is 0.826. The molecule has 0 saturated heterocycles. The first kappa shape index (κ1) is 15.0. The van der Waals surface area contributed by atoms with Crippen molar-refractivity contribution in [3.05, 3.63) is 38.3 Å². The lowest BCUT2D eigenvalue weighted by Crippen LogP contribution is -2.17. The number of halogens is 3. The summed E-state index contributed by atoms with van der Waals surface area (Å²) in [6, 6.07) is 4.13. The van der Waals surface area contributed by atoms with Crippen molar-refractivity contribution in [2.24, 2.45) is 5.73 Å². The Kier molecular flexibility index (Phi) is 6.00. The van der Waals surface area contributed by atoms with Crippen molar-refractivity contribution in [3.63, 3.8) is 0 Å². The zero-order valence-electron chi connectivity index (χ0n) is 9.47. The highest BCUT2D eigenvalue weighted by Crippen LogP contribution is 2.35. The van der Waals surface area contributed by atoms with Crippen LogP contribution < -0.4 is 10.5 Å². The van der Waals surface area contributed by atoms with Crippen LogP contribution in [0.15, 0.2) is 32.7 Å². The van der Waals surface area contributed by atoms with E-state index >= 15 is 0 Å². The van der Waals surface area contributed by atoms with Gasteiger partial charge in [0.2, 0.25) is 0 Å². The summed E-state index contributed by atoms with van der Waals surface area (Å²) in [5, 5.41) is 0.462. The number of benzene rings is 1. The fourth-order valence-corrected chi connectivity index (χ4v) is 2.96. The first-order chi connectivity index (χ1) is 7.90. The van der Waals surface area contributed by atoms with Crippen LogP contribution in [0.1, 0.15) is 12.5 Å². The molecular weight excluding hydrogens is 369 g/mol. The monoisotopic (exact) mass is 381 g/mol. The molecule has 17 heavy (non-hydrogen) atoms. The van der Waals surface area contributed by atoms with E-state index in [0.717, 1.165) is 26.7 Å². The van der Waals surface area contributed by atoms with Gasteiger partial charge in [0.05, 0.1) is 8.95 Å². The molecule has 1 atom stereocenters. The molecule has 0 saturated carbocycles. The molecule has 1 unspecified atom stereocenters. The first-order valence-electron chi connectivity index (χ1n) is 5.09. The van der Waals surface area contributed by atoms with Gasteiger partial charge >= 0.3 is 0 Å². The van der Waals surface area contributed by atoms with Gasteiger partial charge in [-0.1, -0.05) is 18.2 Å². The molecule has 0 bridgehead atoms. The number of hydrogen-bond donors (Lipinski definition) is 1. The second-order valence-corrected chi connectivity index (χ2v) is 6.12. The molecule has 94 valence electrons. The molecule has 0 fully saturated rings. The van der Waals surface area contributed by atoms with E-state index in [2.05, 4.69) is 38.4 Å². The SMILES string of the molecule is C=C(Cl)COc1c(Br)cc(CC(C)N)cc1Br. The van der Waals surface area contributed by atoms with Crippen molar-refractivity contribution in [1.29, 1.82) is 0 Å². The Labute approximate surface area is 123 Å². The fourth-order valence-electron chi connectivity index (χ4n) is 1.39. The minimum Gasteiger partial charge on any atom is -0.486 e. The number of ether oxygens (including phenoxy) is 1. The Morgan fingerprint density at radius 1 is 1.47 bits per heavy atom. The lowest BCUT2D eigenvalue weighted by molar-refractivity contribution is 0.355. The van der Waals surface area contributed by atoms with E-state index in [0.29, 0.717) is 5.03 Å². The van der Waals surface area contributed by atoms with Crippen LogP contribution in [0.25, 0.3) is 0 Å². The Morgan fingerprint density at radius 2 is 2.00 bits per heavy atom. The van der Waals surface area contributed by atoms with Crippen molar-refractivity contribution in [2.75, 3.05) is 6.61 Å². The molecule has 1 aromatic rings. The molecule has 0 spiro atoms. The van der Waals surface area contributed by atoms with Crippen molar-refractivity contribution < 1.29 is 4.74 Å². The highest BCUT2D eigenvalue weighted by molar-refractivity contribution is 9.11. The molecule has 0 heterocycles. The molecule has 0 aliphatic carbocycles. The number of nitrogens with two attached hydrogens (primary N) is 1. The fraction of sp³-hybridized carbons (Fsp3) is 0.333. The highest BCUT2D eigenvalue weighted by Gasteiger charge is 2.10. The zero-order chi connectivity index (χ0) is 13.0. The van der Waals surface area contributed by atoms with Gasteiger partial charge in [0.15, 0.2) is 0 Å². The van der Waals surface area contributed by atoms with Crippen LogP contribution in [0.2, 0.25) is 0 Å². The van der Waals surface area contributed by atoms with Crippen molar-refractivity contribution in [2.45, 2.75) is 19.4 Å². The molecule has 1 rings (SSSR count). The molecule has 0 aromatic heterocycles. The van der Waals surface area contributed by atoms with Gasteiger partial charge in [-0.15, -0.1) is 0 Å². The molecule has 0 radical (unpaired) electrons. The van der Waals surface area contributed by atoms with Crippen LogP contribution in [-0.2, 0) is 6.42 Å². The summed E-state index contributed by atoms with van der Waals surface area (Å²) in [7, 11) is 0. The van der Waals surface area contributed by atoms with Crippen molar-refractivity contribution >= 4 is 43.5 Å². The average molecular weight is 384 g/mol. The topological polar surface area (TPSA) is 35.2 Å². The molecule has 0 aliphatic heterocycles. The third-order valence-corrected chi connectivity index (χ3v) is 3.28. The van der Waals surface area contributed by atoms with E-state index in [1.54, 1.807) is 0 Å². The van der Waals surface area contributed by atoms with Crippen LogP contribution in [0.5, 0.6) is 5.75 Å². The largest absolute Gasteiger partial charge is 0.486 e. The van der Waals surface area contributed by atoms with Crippen LogP contribution in [-0.4, -0.2) is 12.6 Å². The Balaban J connectivity index is 2.90. The van der Waals surface area contributed by atoms with Crippen LogP contribution in [0.3, 0.4) is 0 Å². The van der Waals surface area contributed by atoms with E-state index < -0.39 is 0 Å². The van der Waals surface area contributed by atoms with E-state index in [-0.39, 0.29) is 12.6 Å². The van der Waals surface area contributed by atoms with Gasteiger partial charge in [0.25, 0.3) is 0 Å². The maximum absolute atomic E-state index is 5.77. The lowest BCUT2D eigenvalue weighted by atomic mass is 10.1. The molecular formula is C12H14Br2ClNO. The third-order valence-electron chi connectivity index (χ3n) is 1.99. The van der Waals surface area contributed by atoms with E-state index in [1.165, 1.54) is 0 Å². The lowest BCUT2D eigenvalue weighted by Gasteiger charge is -2.12. The highest BCUT2D eigenvalue weighted by atomic mass is 79.9. The molecule has 0 amide bonds. The van der Waals surface area contributed by atoms with Gasteiger partial charge in [0.1, 0.15) is 12.4 Å². The van der Waals surface area contributed by atoms with Gasteiger partial charge < -0.3 is 10.5 Å². The second-order valence-electron chi connectivity index (χ2n) is 3.88. The van der Waals surface area contributed by atoms with Gasteiger partial charge in [0, 0.05) is 11.1 Å². The van der Waals surface area contributed by atoms with Crippen LogP contribution in [0.4, 0.5) is 0 Å². The molecule has 0 aliphatic rings. The molecule has 1 aromatic carbocycles. The summed E-state index contributed by atoms with van der Waals surface area (Å²) >= 11 is 12.6. The standard InChI is InChI=1S/C12H14Br2ClNO/c1-7(15)6-17-12-10(13)4-9(3-8(2)16)5-11(12)14/h4-5,8H,1,3,6,16H2,2H3. The minimum atomic E-state index is 0.128. The Bertz CT molecular complexity index is 398. The van der Waals surface area contributed by atoms with Crippen molar-refractivity contribution in [1.82, 2.24) is 0 Å². The first-order valence-corrected chi connectivity index (χ1v) is 7.06. The van der Waals surface area contributed by atoms with Gasteiger partial charge in [-0.3, -0.25) is 0 Å². The predicted octanol–water partition coefficient (Wildman–Crippen LogP) is 4.23. The summed E-state index contributed by atoms with van der Waals surface area (Å²) in [5.41, 5.74) is 6.92. The van der Waals surface area contributed by atoms with Gasteiger partial charge in [-0.05, 0) is 62.9 Å². The Hall–Kier alpha value is -0.0300. The predicted molar refractivity (Wildman–Crippen MR) is 79.7 cm³/mol. The van der Waals surface area contributed by atoms with Gasteiger partial charge in [-0.25, -0.2) is 0 Å². The van der Waals surface area contributed by atoms with E-state index in [9.17, 15) is 0 Å². The Morgan fingerprint density at radius 3 is 2.41 bits per heavy atom. The smallest absolute Gasteiger partial charge is 0.148 e. The third kappa shape index (κ3) is 5.00. The average Bonchev–Trinajstić information content (AvgIpc) is 2.14. The summed E-state index contributed by atoms with van der Waals surface area (Å²) in [6.45, 7) is 5.84. The summed E-state index contributed by atoms with van der Waals surface area (Å²) < 4.78 is 7.28.